The first-order chi connectivity index (χ1) is 11.8. The lowest BCUT2D eigenvalue weighted by Gasteiger charge is -2.45. The quantitative estimate of drug-likeness (QED) is 0.575. The SMILES string of the molecule is C=NC(C(=O)N[C@H]1C(=O)N2C1SC(C)(C)C2C(=O)[O-])c1ccccc1. The van der Waals surface area contributed by atoms with E-state index in [0.29, 0.717) is 5.56 Å². The fraction of sp³-hybridized carbons (Fsp3) is 0.412. The molecule has 2 aliphatic heterocycles. The Morgan fingerprint density at radius 2 is 2.00 bits per heavy atom. The van der Waals surface area contributed by atoms with Crippen LogP contribution in [-0.2, 0) is 14.4 Å². The highest BCUT2D eigenvalue weighted by Crippen LogP contribution is 2.50. The summed E-state index contributed by atoms with van der Waals surface area (Å²) in [5, 5.41) is 13.7. The second-order valence-corrected chi connectivity index (χ2v) is 8.33. The monoisotopic (exact) mass is 360 g/mol. The standard InChI is InChI=1S/C17H19N3O4S/c1-17(2)12(16(23)24)20-14(22)11(15(20)25-17)19-13(21)10(18-3)9-7-5-4-6-8-9/h4-8,10-12,15H,3H2,1-2H3,(H,19,21)(H,23,24)/p-1/t10?,11-,12?,15?/m0/s1. The molecule has 1 aromatic rings. The van der Waals surface area contributed by atoms with Crippen LogP contribution >= 0.6 is 11.8 Å². The molecule has 7 nitrogen and oxygen atoms in total. The van der Waals surface area contributed by atoms with E-state index in [2.05, 4.69) is 17.0 Å². The van der Waals surface area contributed by atoms with Gasteiger partial charge in [-0.1, -0.05) is 30.3 Å². The molecule has 132 valence electrons. The zero-order chi connectivity index (χ0) is 18.4. The minimum Gasteiger partial charge on any atom is -0.548 e. The molecule has 1 aromatic carbocycles. The van der Waals surface area contributed by atoms with Gasteiger partial charge in [-0.05, 0) is 26.1 Å². The number of thioether (sulfide) groups is 1. The van der Waals surface area contributed by atoms with Crippen molar-refractivity contribution in [2.45, 2.75) is 42.1 Å². The van der Waals surface area contributed by atoms with Crippen molar-refractivity contribution in [3.05, 3.63) is 35.9 Å². The topological polar surface area (TPSA) is 102 Å². The smallest absolute Gasteiger partial charge is 0.250 e. The van der Waals surface area contributed by atoms with Gasteiger partial charge in [0.25, 0.3) is 0 Å². The molecule has 1 N–H and O–H groups in total. The zero-order valence-corrected chi connectivity index (χ0v) is 14.7. The van der Waals surface area contributed by atoms with Crippen LogP contribution < -0.4 is 10.4 Å². The van der Waals surface area contributed by atoms with Crippen LogP contribution in [0.15, 0.2) is 35.3 Å². The van der Waals surface area contributed by atoms with Crippen molar-refractivity contribution in [3.8, 4) is 0 Å². The third-order valence-corrected chi connectivity index (χ3v) is 6.08. The van der Waals surface area contributed by atoms with Gasteiger partial charge in [-0.15, -0.1) is 11.8 Å². The number of amides is 2. The van der Waals surface area contributed by atoms with Gasteiger partial charge >= 0.3 is 0 Å². The van der Waals surface area contributed by atoms with Crippen molar-refractivity contribution in [2.24, 2.45) is 4.99 Å². The largest absolute Gasteiger partial charge is 0.548 e. The van der Waals surface area contributed by atoms with Gasteiger partial charge in [0.05, 0.1) is 12.0 Å². The fourth-order valence-corrected chi connectivity index (χ4v) is 4.95. The van der Waals surface area contributed by atoms with Crippen LogP contribution in [0.2, 0.25) is 0 Å². The van der Waals surface area contributed by atoms with Gasteiger partial charge in [-0.2, -0.15) is 0 Å². The Morgan fingerprint density at radius 1 is 1.36 bits per heavy atom. The Balaban J connectivity index is 1.75. The van der Waals surface area contributed by atoms with Gasteiger partial charge in [-0.3, -0.25) is 14.6 Å². The summed E-state index contributed by atoms with van der Waals surface area (Å²) in [5.41, 5.74) is 0.672. The van der Waals surface area contributed by atoms with Gasteiger partial charge < -0.3 is 20.1 Å². The van der Waals surface area contributed by atoms with Crippen molar-refractivity contribution in [1.29, 1.82) is 0 Å². The summed E-state index contributed by atoms with van der Waals surface area (Å²) in [4.78, 5) is 41.5. The fourth-order valence-electron chi connectivity index (χ4n) is 3.33. The maximum Gasteiger partial charge on any atom is 0.250 e. The third kappa shape index (κ3) is 2.80. The maximum absolute atomic E-state index is 12.5. The molecular formula is C17H18N3O4S-. The molecule has 2 fully saturated rings. The second-order valence-electron chi connectivity index (χ2n) is 6.56. The van der Waals surface area contributed by atoms with Crippen molar-refractivity contribution in [2.75, 3.05) is 0 Å². The number of carboxylic acids is 1. The van der Waals surface area contributed by atoms with Crippen LogP contribution in [0.3, 0.4) is 0 Å². The number of carboxylic acid groups (broad SMARTS) is 1. The van der Waals surface area contributed by atoms with Crippen LogP contribution in [0.4, 0.5) is 0 Å². The summed E-state index contributed by atoms with van der Waals surface area (Å²) in [6.07, 6.45) is 0. The molecule has 0 bridgehead atoms. The molecule has 2 amide bonds. The molecule has 2 heterocycles. The summed E-state index contributed by atoms with van der Waals surface area (Å²) in [6.45, 7) is 6.96. The van der Waals surface area contributed by atoms with Gasteiger partial charge in [0.15, 0.2) is 6.04 Å². The summed E-state index contributed by atoms with van der Waals surface area (Å²) in [6, 6.07) is 6.32. The molecule has 3 unspecified atom stereocenters. The number of aliphatic imine (C=N–C) groups is 1. The molecule has 2 saturated heterocycles. The van der Waals surface area contributed by atoms with Crippen molar-refractivity contribution < 1.29 is 19.5 Å². The van der Waals surface area contributed by atoms with Crippen molar-refractivity contribution >= 4 is 36.3 Å². The molecule has 0 spiro atoms. The predicted octanol–water partition coefficient (Wildman–Crippen LogP) is -0.275. The average Bonchev–Trinajstić information content (AvgIpc) is 2.82. The minimum atomic E-state index is -1.28. The predicted molar refractivity (Wildman–Crippen MR) is 91.8 cm³/mol. The highest BCUT2D eigenvalue weighted by Gasteiger charge is 2.62. The molecule has 0 radical (unpaired) electrons. The number of carbonyl (C=O) groups excluding carboxylic acids is 3. The second kappa shape index (κ2) is 6.18. The van der Waals surface area contributed by atoms with E-state index in [4.69, 9.17) is 0 Å². The van der Waals surface area contributed by atoms with E-state index in [1.165, 1.54) is 16.7 Å². The Bertz CT molecular complexity index is 737. The summed E-state index contributed by atoms with van der Waals surface area (Å²) < 4.78 is -0.686. The first-order valence-corrected chi connectivity index (χ1v) is 8.68. The van der Waals surface area contributed by atoms with Crippen LogP contribution in [-0.4, -0.2) is 51.6 Å². The van der Waals surface area contributed by atoms with E-state index in [1.807, 2.05) is 6.07 Å². The Hall–Kier alpha value is -2.35. The molecular weight excluding hydrogens is 342 g/mol. The van der Waals surface area contributed by atoms with E-state index in [1.54, 1.807) is 38.1 Å². The molecule has 2 aliphatic rings. The first kappa shape index (κ1) is 17.5. The van der Waals surface area contributed by atoms with Crippen LogP contribution in [0.25, 0.3) is 0 Å². The lowest BCUT2D eigenvalue weighted by Crippen LogP contribution is -2.71. The molecule has 0 aromatic heterocycles. The number of hydrogen-bond acceptors (Lipinski definition) is 6. The molecule has 0 saturated carbocycles. The Labute approximate surface area is 149 Å². The number of rotatable bonds is 5. The number of fused-ring (bicyclic) bond motifs is 1. The summed E-state index contributed by atoms with van der Waals surface area (Å²) >= 11 is 1.35. The van der Waals surface area contributed by atoms with E-state index in [0.717, 1.165) is 0 Å². The van der Waals surface area contributed by atoms with E-state index in [9.17, 15) is 19.5 Å². The first-order valence-electron chi connectivity index (χ1n) is 7.80. The molecule has 0 aliphatic carbocycles. The number of carbonyl (C=O) groups is 3. The van der Waals surface area contributed by atoms with Crippen molar-refractivity contribution in [3.63, 3.8) is 0 Å². The van der Waals surface area contributed by atoms with Gasteiger partial charge in [0.1, 0.15) is 11.4 Å². The summed E-state index contributed by atoms with van der Waals surface area (Å²) in [5.74, 6) is -2.14. The van der Waals surface area contributed by atoms with Gasteiger partial charge in [0.2, 0.25) is 11.8 Å². The lowest BCUT2D eigenvalue weighted by molar-refractivity contribution is -0.312. The van der Waals surface area contributed by atoms with Crippen molar-refractivity contribution in [1.82, 2.24) is 10.2 Å². The van der Waals surface area contributed by atoms with Crippen LogP contribution in [0.1, 0.15) is 25.5 Å². The molecule has 8 heteroatoms. The van der Waals surface area contributed by atoms with E-state index < -0.39 is 46.0 Å². The normalized spacial score (nSPS) is 27.8. The average molecular weight is 360 g/mol. The minimum absolute atomic E-state index is 0.415. The number of aliphatic carboxylic acids is 1. The van der Waals surface area contributed by atoms with Crippen LogP contribution in [0, 0.1) is 0 Å². The molecule has 25 heavy (non-hydrogen) atoms. The van der Waals surface area contributed by atoms with Crippen LogP contribution in [0.5, 0.6) is 0 Å². The maximum atomic E-state index is 12.5. The Kier molecular flexibility index (Phi) is 4.32. The number of nitrogens with zero attached hydrogens (tertiary/aromatic N) is 2. The van der Waals surface area contributed by atoms with E-state index in [-0.39, 0.29) is 0 Å². The number of nitrogens with one attached hydrogen (secondary N) is 1. The highest BCUT2D eigenvalue weighted by atomic mass is 32.2. The highest BCUT2D eigenvalue weighted by molar-refractivity contribution is 8.01. The lowest BCUT2D eigenvalue weighted by atomic mass is 9.95. The Morgan fingerprint density at radius 3 is 2.56 bits per heavy atom. The molecule has 3 rings (SSSR count). The number of benzene rings is 1. The van der Waals surface area contributed by atoms with E-state index >= 15 is 0 Å². The zero-order valence-electron chi connectivity index (χ0n) is 13.8. The third-order valence-electron chi connectivity index (χ3n) is 4.51. The van der Waals surface area contributed by atoms with Gasteiger partial charge in [0, 0.05) is 4.75 Å². The van der Waals surface area contributed by atoms with Gasteiger partial charge in [-0.25, -0.2) is 0 Å². The molecule has 4 atom stereocenters. The number of hydrogen-bond donors (Lipinski definition) is 1. The summed E-state index contributed by atoms with van der Waals surface area (Å²) in [7, 11) is 0. The number of β-lactam (4-membered cyclic amide) rings is 1.